The molecule has 4 heterocycles. The number of rotatable bonds is 3. The van der Waals surface area contributed by atoms with Crippen molar-refractivity contribution in [2.24, 2.45) is 0 Å². The van der Waals surface area contributed by atoms with E-state index < -0.39 is 0 Å². The molecule has 0 radical (unpaired) electrons. The van der Waals surface area contributed by atoms with Gasteiger partial charge in [-0.3, -0.25) is 4.79 Å². The van der Waals surface area contributed by atoms with E-state index in [1.54, 1.807) is 11.1 Å². The number of carbonyl (C=O) groups is 1. The maximum Gasteiger partial charge on any atom is 0.263 e. The molecule has 3 aromatic heterocycles. The van der Waals surface area contributed by atoms with E-state index in [0.29, 0.717) is 5.92 Å². The molecule has 4 rings (SSSR count). The van der Waals surface area contributed by atoms with Crippen LogP contribution in [0.1, 0.15) is 39.8 Å². The van der Waals surface area contributed by atoms with Gasteiger partial charge in [0.25, 0.3) is 5.91 Å². The molecule has 0 aromatic carbocycles. The van der Waals surface area contributed by atoms with Gasteiger partial charge in [0.1, 0.15) is 16.5 Å². The number of carbonyl (C=O) groups excluding carboxylic acids is 1. The lowest BCUT2D eigenvalue weighted by molar-refractivity contribution is 0.0830. The summed E-state index contributed by atoms with van der Waals surface area (Å²) in [7, 11) is 3.62. The molecule has 1 amide bonds. The van der Waals surface area contributed by atoms with Gasteiger partial charge >= 0.3 is 0 Å². The van der Waals surface area contributed by atoms with Gasteiger partial charge in [-0.15, -0.1) is 11.3 Å². The van der Waals surface area contributed by atoms with Crippen molar-refractivity contribution < 1.29 is 4.79 Å². The SMILES string of the molecule is Cc1nccc(N2CCC(c3c(C(=O)N(C)C)sc4ncccc34)CC2)n1. The average molecular weight is 382 g/mol. The topological polar surface area (TPSA) is 62.2 Å². The molecule has 140 valence electrons. The maximum atomic E-state index is 12.8. The van der Waals surface area contributed by atoms with Crippen LogP contribution in [0.5, 0.6) is 0 Å². The van der Waals surface area contributed by atoms with E-state index in [0.717, 1.165) is 52.7 Å². The Balaban J connectivity index is 1.63. The van der Waals surface area contributed by atoms with Crippen LogP contribution < -0.4 is 4.90 Å². The summed E-state index contributed by atoms with van der Waals surface area (Å²) in [4.78, 5) is 31.8. The Kier molecular flexibility index (Phi) is 4.78. The minimum absolute atomic E-state index is 0.0712. The molecular weight excluding hydrogens is 358 g/mol. The fourth-order valence-corrected chi connectivity index (χ4v) is 4.99. The summed E-state index contributed by atoms with van der Waals surface area (Å²) in [5, 5.41) is 1.13. The van der Waals surface area contributed by atoms with E-state index in [-0.39, 0.29) is 5.91 Å². The number of pyridine rings is 1. The van der Waals surface area contributed by atoms with Crippen LogP contribution in [0.15, 0.2) is 30.6 Å². The third-order valence-corrected chi connectivity index (χ3v) is 6.21. The smallest absolute Gasteiger partial charge is 0.263 e. The fourth-order valence-electron chi connectivity index (χ4n) is 3.74. The van der Waals surface area contributed by atoms with Gasteiger partial charge in [-0.1, -0.05) is 6.07 Å². The normalized spacial score (nSPS) is 15.3. The predicted octanol–water partition coefficient (Wildman–Crippen LogP) is 3.48. The van der Waals surface area contributed by atoms with Crippen molar-refractivity contribution in [3.05, 3.63) is 46.9 Å². The first-order valence-corrected chi connectivity index (χ1v) is 10.00. The molecule has 0 bridgehead atoms. The second-order valence-corrected chi connectivity index (χ2v) is 8.12. The molecule has 7 heteroatoms. The van der Waals surface area contributed by atoms with Crippen LogP contribution >= 0.6 is 11.3 Å². The van der Waals surface area contributed by atoms with Gasteiger partial charge in [-0.05, 0) is 43.4 Å². The van der Waals surface area contributed by atoms with Crippen LogP contribution in [0, 0.1) is 6.92 Å². The van der Waals surface area contributed by atoms with Crippen molar-refractivity contribution in [1.82, 2.24) is 19.9 Å². The van der Waals surface area contributed by atoms with Crippen molar-refractivity contribution in [2.75, 3.05) is 32.1 Å². The van der Waals surface area contributed by atoms with Crippen LogP contribution in [0.25, 0.3) is 10.2 Å². The Hall–Kier alpha value is -2.54. The van der Waals surface area contributed by atoms with Gasteiger partial charge in [0.15, 0.2) is 0 Å². The van der Waals surface area contributed by atoms with Gasteiger partial charge in [-0.2, -0.15) is 0 Å². The molecule has 1 aliphatic rings. The minimum Gasteiger partial charge on any atom is -0.356 e. The van der Waals surface area contributed by atoms with Crippen molar-refractivity contribution in [2.45, 2.75) is 25.7 Å². The van der Waals surface area contributed by atoms with E-state index in [1.165, 1.54) is 16.9 Å². The molecule has 6 nitrogen and oxygen atoms in total. The van der Waals surface area contributed by atoms with Gasteiger partial charge in [0.05, 0.1) is 4.88 Å². The molecule has 27 heavy (non-hydrogen) atoms. The van der Waals surface area contributed by atoms with E-state index in [4.69, 9.17) is 0 Å². The first-order valence-electron chi connectivity index (χ1n) is 9.18. The zero-order valence-corrected chi connectivity index (χ0v) is 16.7. The van der Waals surface area contributed by atoms with E-state index in [1.807, 2.05) is 39.3 Å². The predicted molar refractivity (Wildman–Crippen MR) is 109 cm³/mol. The number of aryl methyl sites for hydroxylation is 1. The van der Waals surface area contributed by atoms with Gasteiger partial charge in [0, 0.05) is 45.0 Å². The van der Waals surface area contributed by atoms with Crippen LogP contribution in [0.3, 0.4) is 0 Å². The van der Waals surface area contributed by atoms with Crippen LogP contribution in [-0.4, -0.2) is 52.9 Å². The molecule has 3 aromatic rings. The molecule has 0 atom stereocenters. The molecule has 1 aliphatic heterocycles. The number of hydrogen-bond donors (Lipinski definition) is 0. The summed E-state index contributed by atoms with van der Waals surface area (Å²) in [5.74, 6) is 2.22. The van der Waals surface area contributed by atoms with Gasteiger partial charge in [0.2, 0.25) is 0 Å². The maximum absolute atomic E-state index is 12.8. The third kappa shape index (κ3) is 3.39. The van der Waals surface area contributed by atoms with Gasteiger partial charge < -0.3 is 9.80 Å². The number of thiophene rings is 1. The second-order valence-electron chi connectivity index (χ2n) is 7.12. The largest absolute Gasteiger partial charge is 0.356 e. The Morgan fingerprint density at radius 1 is 1.19 bits per heavy atom. The van der Waals surface area contributed by atoms with Gasteiger partial charge in [-0.25, -0.2) is 15.0 Å². The van der Waals surface area contributed by atoms with Crippen molar-refractivity contribution in [1.29, 1.82) is 0 Å². The molecule has 0 unspecified atom stereocenters. The van der Waals surface area contributed by atoms with Crippen molar-refractivity contribution >= 4 is 33.3 Å². The highest BCUT2D eigenvalue weighted by Crippen LogP contribution is 2.40. The zero-order chi connectivity index (χ0) is 19.0. The van der Waals surface area contributed by atoms with E-state index >= 15 is 0 Å². The lowest BCUT2D eigenvalue weighted by Gasteiger charge is -2.33. The Morgan fingerprint density at radius 2 is 1.96 bits per heavy atom. The number of aromatic nitrogens is 3. The zero-order valence-electron chi connectivity index (χ0n) is 15.8. The molecule has 0 spiro atoms. The third-order valence-electron chi connectivity index (χ3n) is 5.09. The standard InChI is InChI=1S/C20H23N5OS/c1-13-21-10-6-16(23-13)25-11-7-14(8-12-25)17-15-5-4-9-22-19(15)27-18(17)20(26)24(2)3/h4-6,9-10,14H,7-8,11-12H2,1-3H3. The monoisotopic (exact) mass is 381 g/mol. The number of piperidine rings is 1. The minimum atomic E-state index is 0.0712. The van der Waals surface area contributed by atoms with Crippen molar-refractivity contribution in [3.8, 4) is 0 Å². The first kappa shape index (κ1) is 17.9. The highest BCUT2D eigenvalue weighted by molar-refractivity contribution is 7.20. The highest BCUT2D eigenvalue weighted by Gasteiger charge is 2.29. The van der Waals surface area contributed by atoms with E-state index in [9.17, 15) is 4.79 Å². The Labute approximate surface area is 162 Å². The summed E-state index contributed by atoms with van der Waals surface area (Å²) in [6, 6.07) is 6.03. The highest BCUT2D eigenvalue weighted by atomic mass is 32.1. The molecular formula is C20H23N5OS. The Morgan fingerprint density at radius 3 is 2.67 bits per heavy atom. The summed E-state index contributed by atoms with van der Waals surface area (Å²) >= 11 is 1.52. The van der Waals surface area contributed by atoms with E-state index in [2.05, 4.69) is 25.9 Å². The lowest BCUT2D eigenvalue weighted by Crippen LogP contribution is -2.34. The number of fused-ring (bicyclic) bond motifs is 1. The quantitative estimate of drug-likeness (QED) is 0.695. The Bertz CT molecular complexity index is 975. The van der Waals surface area contributed by atoms with Crippen LogP contribution in [-0.2, 0) is 0 Å². The number of amides is 1. The first-order chi connectivity index (χ1) is 13.0. The summed E-state index contributed by atoms with van der Waals surface area (Å²) in [6.07, 6.45) is 5.61. The molecule has 1 fully saturated rings. The molecule has 0 N–H and O–H groups in total. The number of anilines is 1. The number of hydrogen-bond acceptors (Lipinski definition) is 6. The molecule has 0 aliphatic carbocycles. The van der Waals surface area contributed by atoms with Crippen LogP contribution in [0.2, 0.25) is 0 Å². The van der Waals surface area contributed by atoms with Crippen molar-refractivity contribution in [3.63, 3.8) is 0 Å². The van der Waals surface area contributed by atoms with Crippen LogP contribution in [0.4, 0.5) is 5.82 Å². The summed E-state index contributed by atoms with van der Waals surface area (Å²) in [6.45, 7) is 3.77. The summed E-state index contributed by atoms with van der Waals surface area (Å²) < 4.78 is 0. The molecule has 0 saturated carbocycles. The average Bonchev–Trinajstić information content (AvgIpc) is 3.07. The fraction of sp³-hybridized carbons (Fsp3) is 0.400. The summed E-state index contributed by atoms with van der Waals surface area (Å²) in [5.41, 5.74) is 1.18. The number of nitrogens with zero attached hydrogens (tertiary/aromatic N) is 5. The molecule has 1 saturated heterocycles. The second kappa shape index (κ2) is 7.23. The lowest BCUT2D eigenvalue weighted by atomic mass is 9.87.